The van der Waals surface area contributed by atoms with Crippen molar-refractivity contribution in [2.24, 2.45) is 5.92 Å². The third-order valence-corrected chi connectivity index (χ3v) is 4.88. The number of likely N-dealkylation sites (tertiary alicyclic amines) is 1. The molecule has 1 aliphatic heterocycles. The number of amides is 2. The lowest BCUT2D eigenvalue weighted by Crippen LogP contribution is -2.44. The van der Waals surface area contributed by atoms with E-state index in [4.69, 9.17) is 19.7 Å². The Morgan fingerprint density at radius 1 is 0.974 bits per heavy atom. The van der Waals surface area contributed by atoms with Crippen molar-refractivity contribution in [3.8, 4) is 5.75 Å². The standard InChI is InChI=1S/C21H30N2O7.3C2H6.CH4O/c1-28-19(25)14-22-20(26)17-8-10-23(11-9-17)21(27)30-15-16-4-6-18(7-5-16)29-13-3-2-12-24;4*1-2/h4-7,17,24H,2-3,8-15H2,1H3,(H,22,26);3*1-2H3;2H,1H3/p+1. The number of piperidine rings is 1. The normalized spacial score (nSPS) is 11.8. The van der Waals surface area contributed by atoms with Gasteiger partial charge in [-0.1, -0.05) is 53.7 Å². The van der Waals surface area contributed by atoms with Crippen molar-refractivity contribution in [2.75, 3.05) is 47.1 Å². The molecule has 1 aromatic rings. The number of unbranched alkanes of at least 4 members (excludes halogenated alkanes) is 1. The van der Waals surface area contributed by atoms with Crippen LogP contribution in [0.2, 0.25) is 0 Å². The van der Waals surface area contributed by atoms with Crippen LogP contribution in [0.25, 0.3) is 0 Å². The molecule has 10 nitrogen and oxygen atoms in total. The zero-order valence-electron chi connectivity index (χ0n) is 24.8. The van der Waals surface area contributed by atoms with Gasteiger partial charge >= 0.3 is 12.1 Å². The predicted octanol–water partition coefficient (Wildman–Crippen LogP) is 3.90. The number of hydrogen-bond donors (Lipinski definition) is 2. The summed E-state index contributed by atoms with van der Waals surface area (Å²) in [6, 6.07) is 7.38. The summed E-state index contributed by atoms with van der Waals surface area (Å²) < 4.78 is 15.5. The Morgan fingerprint density at radius 2 is 1.53 bits per heavy atom. The highest BCUT2D eigenvalue weighted by molar-refractivity contribution is 5.83. The van der Waals surface area contributed by atoms with Crippen molar-refractivity contribution in [2.45, 2.75) is 73.8 Å². The minimum absolute atomic E-state index is 0.146. The van der Waals surface area contributed by atoms with Gasteiger partial charge in [0.15, 0.2) is 0 Å². The monoisotopic (exact) mass is 545 g/mol. The summed E-state index contributed by atoms with van der Waals surface area (Å²) in [4.78, 5) is 37.0. The molecule has 1 heterocycles. The van der Waals surface area contributed by atoms with E-state index in [-0.39, 0.29) is 25.0 Å². The van der Waals surface area contributed by atoms with Crippen molar-refractivity contribution >= 4 is 18.0 Å². The number of nitrogens with zero attached hydrogens (tertiary/aromatic N) is 1. The summed E-state index contributed by atoms with van der Waals surface area (Å²) in [6.07, 6.45) is 2.32. The summed E-state index contributed by atoms with van der Waals surface area (Å²) >= 11 is 0. The lowest BCUT2D eigenvalue weighted by molar-refractivity contribution is -0.141. The van der Waals surface area contributed by atoms with Gasteiger partial charge in [-0.25, -0.2) is 4.79 Å². The quantitative estimate of drug-likeness (QED) is 0.258. The summed E-state index contributed by atoms with van der Waals surface area (Å²) in [7, 11) is 2.27. The Bertz CT molecular complexity index is 691. The zero-order chi connectivity index (χ0) is 29.8. The summed E-state index contributed by atoms with van der Waals surface area (Å²) in [5.74, 6) is -0.168. The molecule has 1 saturated heterocycles. The predicted molar refractivity (Wildman–Crippen MR) is 151 cm³/mol. The molecule has 2 amide bonds. The number of aliphatic hydroxyl groups excluding tert-OH is 1. The number of esters is 1. The van der Waals surface area contributed by atoms with E-state index >= 15 is 0 Å². The molecule has 0 spiro atoms. The van der Waals surface area contributed by atoms with E-state index in [0.717, 1.165) is 31.3 Å². The third-order valence-electron chi connectivity index (χ3n) is 4.88. The molecule has 222 valence electrons. The Labute approximate surface area is 229 Å². The van der Waals surface area contributed by atoms with Crippen LogP contribution in [0.15, 0.2) is 24.3 Å². The number of ether oxygens (including phenoxy) is 3. The van der Waals surface area contributed by atoms with Crippen LogP contribution in [0, 0.1) is 5.92 Å². The molecule has 1 aliphatic rings. The molecule has 0 radical (unpaired) electrons. The zero-order valence-corrected chi connectivity index (χ0v) is 24.8. The van der Waals surface area contributed by atoms with Crippen molar-refractivity contribution in [3.63, 3.8) is 0 Å². The number of aliphatic hydroxyl groups is 1. The van der Waals surface area contributed by atoms with Gasteiger partial charge in [-0.3, -0.25) is 9.59 Å². The van der Waals surface area contributed by atoms with Crippen LogP contribution in [0.1, 0.15) is 72.8 Å². The molecular weight excluding hydrogens is 492 g/mol. The van der Waals surface area contributed by atoms with Crippen molar-refractivity contribution in [1.82, 2.24) is 10.2 Å². The molecule has 0 unspecified atom stereocenters. The van der Waals surface area contributed by atoms with Crippen LogP contribution in [0.3, 0.4) is 0 Å². The Kier molecular flexibility index (Phi) is 30.0. The number of hydrogen-bond acceptors (Lipinski definition) is 7. The van der Waals surface area contributed by atoms with Crippen molar-refractivity contribution in [3.05, 3.63) is 29.8 Å². The van der Waals surface area contributed by atoms with Crippen molar-refractivity contribution in [1.29, 1.82) is 0 Å². The average molecular weight is 546 g/mol. The van der Waals surface area contributed by atoms with Gasteiger partial charge in [0.2, 0.25) is 5.91 Å². The fourth-order valence-corrected chi connectivity index (χ4v) is 3.04. The van der Waals surface area contributed by atoms with Gasteiger partial charge in [-0.05, 0) is 37.0 Å². The molecule has 4 N–H and O–H groups in total. The maximum atomic E-state index is 12.3. The lowest BCUT2D eigenvalue weighted by atomic mass is 9.96. The van der Waals surface area contributed by atoms with E-state index in [1.807, 2.05) is 65.8 Å². The molecule has 1 fully saturated rings. The maximum absolute atomic E-state index is 12.3. The number of benzene rings is 1. The minimum atomic E-state index is -0.492. The molecule has 2 rings (SSSR count). The topological polar surface area (TPSA) is 137 Å². The third kappa shape index (κ3) is 18.4. The van der Waals surface area contributed by atoms with Crippen LogP contribution in [-0.4, -0.2) is 80.2 Å². The smallest absolute Gasteiger partial charge is 0.410 e. The first-order valence-electron chi connectivity index (χ1n) is 13.6. The summed E-state index contributed by atoms with van der Waals surface area (Å²) in [5, 5.41) is 16.7. The Balaban J connectivity index is -0.00000140. The summed E-state index contributed by atoms with van der Waals surface area (Å²) in [6.45, 7) is 13.9. The summed E-state index contributed by atoms with van der Waals surface area (Å²) in [5.41, 5.74) is 0.860. The van der Waals surface area contributed by atoms with Gasteiger partial charge < -0.3 is 34.6 Å². The molecule has 0 aliphatic carbocycles. The van der Waals surface area contributed by atoms with Crippen LogP contribution < -0.4 is 10.1 Å². The number of rotatable bonds is 10. The van der Waals surface area contributed by atoms with Crippen LogP contribution in [-0.2, 0) is 25.7 Å². The highest BCUT2D eigenvalue weighted by Crippen LogP contribution is 2.19. The van der Waals surface area contributed by atoms with Gasteiger partial charge in [-0.2, -0.15) is 0 Å². The highest BCUT2D eigenvalue weighted by Gasteiger charge is 2.28. The molecule has 0 bridgehead atoms. The van der Waals surface area contributed by atoms with Gasteiger partial charge in [0, 0.05) is 32.5 Å². The second-order valence-corrected chi connectivity index (χ2v) is 7.06. The van der Waals surface area contributed by atoms with E-state index in [1.54, 1.807) is 4.90 Å². The second kappa shape index (κ2) is 28.7. The molecule has 0 atom stereocenters. The molecule has 10 heteroatoms. The van der Waals surface area contributed by atoms with Crippen LogP contribution in [0.5, 0.6) is 5.75 Å². The lowest BCUT2D eigenvalue weighted by Gasteiger charge is -2.30. The number of methoxy groups -OCH3 is 1. The highest BCUT2D eigenvalue weighted by atomic mass is 16.6. The van der Waals surface area contributed by atoms with Gasteiger partial charge in [-0.15, -0.1) is 0 Å². The van der Waals surface area contributed by atoms with E-state index in [2.05, 4.69) is 10.1 Å². The number of carbonyl (C=O) groups is 3. The fourth-order valence-electron chi connectivity index (χ4n) is 3.04. The first kappa shape index (κ1) is 39.7. The molecule has 0 aromatic heterocycles. The molecule has 0 saturated carbocycles. The Hall–Kier alpha value is -2.85. The second-order valence-electron chi connectivity index (χ2n) is 7.06. The fraction of sp³-hybridized carbons (Fsp3) is 0.679. The van der Waals surface area contributed by atoms with Crippen molar-refractivity contribution < 1.29 is 38.8 Å². The van der Waals surface area contributed by atoms with E-state index < -0.39 is 12.1 Å². The van der Waals surface area contributed by atoms with E-state index in [0.29, 0.717) is 39.1 Å². The number of carbonyl (C=O) groups excluding carboxylic acids is 3. The van der Waals surface area contributed by atoms with E-state index in [1.165, 1.54) is 7.11 Å². The average Bonchev–Trinajstić information content (AvgIpc) is 3.01. The molecular formula is C28H53N2O8+. The van der Waals surface area contributed by atoms with Crippen LogP contribution in [0.4, 0.5) is 4.79 Å². The first-order chi connectivity index (χ1) is 18.5. The SMILES string of the molecule is CC.CC.CC.CO.COC(=O)CNC(=O)C1CCN(C(=O)OCc2ccc(OCCCC[OH2+])cc2)CC1. The van der Waals surface area contributed by atoms with Gasteiger partial charge in [0.05, 0.1) is 13.7 Å². The largest absolute Gasteiger partial charge is 0.494 e. The van der Waals surface area contributed by atoms with E-state index in [9.17, 15) is 14.4 Å². The Morgan fingerprint density at radius 3 is 2.03 bits per heavy atom. The molecule has 1 aromatic carbocycles. The molecule has 38 heavy (non-hydrogen) atoms. The maximum Gasteiger partial charge on any atom is 0.410 e. The van der Waals surface area contributed by atoms with Gasteiger partial charge in [0.1, 0.15) is 25.5 Å². The number of nitrogens with one attached hydrogen (secondary N) is 1. The first-order valence-corrected chi connectivity index (χ1v) is 13.6. The van der Waals surface area contributed by atoms with Gasteiger partial charge in [0.25, 0.3) is 0 Å². The minimum Gasteiger partial charge on any atom is -0.494 e. The van der Waals surface area contributed by atoms with Crippen LogP contribution >= 0.6 is 0 Å².